The average Bonchev–Trinajstić information content (AvgIpc) is 3.24. The van der Waals surface area contributed by atoms with Crippen LogP contribution in [-0.4, -0.2) is 40.4 Å². The molecule has 3 nitrogen and oxygen atoms in total. The highest BCUT2D eigenvalue weighted by Crippen LogP contribution is 2.65. The van der Waals surface area contributed by atoms with E-state index < -0.39 is 0 Å². The molecule has 3 heteroatoms. The molecule has 5 aliphatic rings. The molecule has 0 spiro atoms. The van der Waals surface area contributed by atoms with Crippen LogP contribution in [0.4, 0.5) is 0 Å². The van der Waals surface area contributed by atoms with Gasteiger partial charge in [-0.15, -0.1) is 0 Å². The van der Waals surface area contributed by atoms with Gasteiger partial charge in [-0.3, -0.25) is 0 Å². The van der Waals surface area contributed by atoms with Crippen molar-refractivity contribution < 1.29 is 10.2 Å². The van der Waals surface area contributed by atoms with Gasteiger partial charge in [0.15, 0.2) is 0 Å². The van der Waals surface area contributed by atoms with Crippen LogP contribution in [0.15, 0.2) is 23.4 Å². The fourth-order valence-electron chi connectivity index (χ4n) is 7.87. The molecular formula is C24H37NO2. The summed E-state index contributed by atoms with van der Waals surface area (Å²) in [5, 5.41) is 21.4. The molecule has 0 aromatic rings. The first-order chi connectivity index (χ1) is 12.9. The molecule has 0 aromatic heterocycles. The largest absolute Gasteiger partial charge is 0.393 e. The Balaban J connectivity index is 1.45. The zero-order valence-electron chi connectivity index (χ0n) is 17.2. The summed E-state index contributed by atoms with van der Waals surface area (Å²) in [5.41, 5.74) is 3.13. The number of likely N-dealkylation sites (tertiary alicyclic amines) is 1. The maximum Gasteiger partial charge on any atom is 0.0951 e. The van der Waals surface area contributed by atoms with E-state index in [2.05, 4.69) is 31.0 Å². The van der Waals surface area contributed by atoms with E-state index in [-0.39, 0.29) is 23.0 Å². The van der Waals surface area contributed by atoms with Gasteiger partial charge in [0.05, 0.1) is 12.2 Å². The molecule has 7 unspecified atom stereocenters. The molecule has 1 saturated heterocycles. The summed E-state index contributed by atoms with van der Waals surface area (Å²) in [6, 6.07) is 0. The first-order valence-electron chi connectivity index (χ1n) is 11.4. The number of aliphatic hydroxyl groups is 2. The Labute approximate surface area is 164 Å². The van der Waals surface area contributed by atoms with Crippen molar-refractivity contribution in [1.29, 1.82) is 0 Å². The van der Waals surface area contributed by atoms with Gasteiger partial charge in [-0.05, 0) is 91.9 Å². The van der Waals surface area contributed by atoms with Crippen molar-refractivity contribution in [3.8, 4) is 0 Å². The summed E-state index contributed by atoms with van der Waals surface area (Å²) in [7, 11) is 0. The van der Waals surface area contributed by atoms with E-state index in [1.807, 2.05) is 0 Å². The molecule has 7 atom stereocenters. The molecule has 0 radical (unpaired) electrons. The third kappa shape index (κ3) is 2.68. The number of fused-ring (bicyclic) bond motifs is 5. The number of nitrogens with zero attached hydrogens (tertiary/aromatic N) is 1. The van der Waals surface area contributed by atoms with Crippen LogP contribution in [0.3, 0.4) is 0 Å². The van der Waals surface area contributed by atoms with Crippen molar-refractivity contribution >= 4 is 0 Å². The Bertz CT molecular complexity index is 663. The lowest BCUT2D eigenvalue weighted by molar-refractivity contribution is -0.0726. The number of hydrogen-bond acceptors (Lipinski definition) is 3. The molecule has 2 N–H and O–H groups in total. The number of allylic oxidation sites excluding steroid dienone is 1. The lowest BCUT2D eigenvalue weighted by Crippen LogP contribution is -2.51. The maximum atomic E-state index is 10.8. The van der Waals surface area contributed by atoms with Gasteiger partial charge in [-0.1, -0.05) is 25.5 Å². The van der Waals surface area contributed by atoms with Gasteiger partial charge in [0.2, 0.25) is 0 Å². The van der Waals surface area contributed by atoms with E-state index >= 15 is 0 Å². The van der Waals surface area contributed by atoms with Gasteiger partial charge < -0.3 is 15.1 Å². The fraction of sp³-hybridized carbons (Fsp3) is 0.833. The van der Waals surface area contributed by atoms with Gasteiger partial charge >= 0.3 is 0 Å². The molecule has 0 aromatic carbocycles. The summed E-state index contributed by atoms with van der Waals surface area (Å²) >= 11 is 0. The second kappa shape index (κ2) is 6.35. The van der Waals surface area contributed by atoms with Gasteiger partial charge in [0, 0.05) is 19.3 Å². The third-order valence-electron chi connectivity index (χ3n) is 9.49. The lowest BCUT2D eigenvalue weighted by Gasteiger charge is -2.58. The number of rotatable bonds is 1. The predicted molar refractivity (Wildman–Crippen MR) is 108 cm³/mol. The van der Waals surface area contributed by atoms with Crippen LogP contribution in [0.5, 0.6) is 0 Å². The van der Waals surface area contributed by atoms with Crippen molar-refractivity contribution in [1.82, 2.24) is 4.90 Å². The highest BCUT2D eigenvalue weighted by molar-refractivity contribution is 5.34. The monoisotopic (exact) mass is 371 g/mol. The highest BCUT2D eigenvalue weighted by atomic mass is 16.3. The predicted octanol–water partition coefficient (Wildman–Crippen LogP) is 4.26. The van der Waals surface area contributed by atoms with Gasteiger partial charge in [-0.2, -0.15) is 0 Å². The number of hydrogen-bond donors (Lipinski definition) is 2. The summed E-state index contributed by atoms with van der Waals surface area (Å²) in [6.45, 7) is 7.15. The summed E-state index contributed by atoms with van der Waals surface area (Å²) in [6.07, 6.45) is 14.7. The molecule has 150 valence electrons. The topological polar surface area (TPSA) is 43.7 Å². The fourth-order valence-corrected chi connectivity index (χ4v) is 7.87. The summed E-state index contributed by atoms with van der Waals surface area (Å²) in [4.78, 5) is 2.42. The van der Waals surface area contributed by atoms with Crippen LogP contribution >= 0.6 is 0 Å². The molecule has 1 heterocycles. The quantitative estimate of drug-likeness (QED) is 0.677. The molecule has 27 heavy (non-hydrogen) atoms. The van der Waals surface area contributed by atoms with Gasteiger partial charge in [0.1, 0.15) is 0 Å². The van der Waals surface area contributed by atoms with Crippen molar-refractivity contribution in [2.24, 2.45) is 28.6 Å². The van der Waals surface area contributed by atoms with Gasteiger partial charge in [0.25, 0.3) is 0 Å². The summed E-state index contributed by atoms with van der Waals surface area (Å²) in [5.74, 6) is 2.17. The van der Waals surface area contributed by atoms with Crippen LogP contribution in [0.25, 0.3) is 0 Å². The lowest BCUT2D eigenvalue weighted by atomic mass is 9.47. The average molecular weight is 372 g/mol. The Morgan fingerprint density at radius 2 is 1.81 bits per heavy atom. The molecule has 4 fully saturated rings. The standard InChI is InChI=1S/C24H37NO2/c1-23-10-9-20-18(19(23)7-8-22(23)27)6-5-17-13-21(26)16(14-24(17,20)2)15-25-11-3-4-12-25/h13,15,18-22,26-27H,3-12,14H2,1-2H3/b16-15-. The normalized spacial score (nSPS) is 51.0. The smallest absolute Gasteiger partial charge is 0.0951 e. The van der Waals surface area contributed by atoms with E-state index in [0.29, 0.717) is 5.92 Å². The first-order valence-corrected chi connectivity index (χ1v) is 11.4. The minimum absolute atomic E-state index is 0.0907. The van der Waals surface area contributed by atoms with E-state index in [0.717, 1.165) is 44.2 Å². The maximum absolute atomic E-state index is 10.8. The molecule has 5 rings (SSSR count). The second-order valence-electron chi connectivity index (χ2n) is 10.7. The first kappa shape index (κ1) is 18.2. The van der Waals surface area contributed by atoms with Crippen molar-refractivity contribution in [2.45, 2.75) is 83.8 Å². The van der Waals surface area contributed by atoms with E-state index in [4.69, 9.17) is 0 Å². The minimum Gasteiger partial charge on any atom is -0.393 e. The molecule has 1 aliphatic heterocycles. The zero-order chi connectivity index (χ0) is 18.8. The SMILES string of the molecule is CC12C/C(=C/N3CCCC3)C(O)C=C1CCC1C2CCC2(C)C(O)CCC12. The van der Waals surface area contributed by atoms with Crippen LogP contribution in [0.2, 0.25) is 0 Å². The molecule has 3 saturated carbocycles. The Kier molecular flexibility index (Phi) is 4.29. The molecular weight excluding hydrogens is 334 g/mol. The third-order valence-corrected chi connectivity index (χ3v) is 9.49. The Morgan fingerprint density at radius 1 is 1.04 bits per heavy atom. The Hall–Kier alpha value is -0.800. The number of aliphatic hydroxyl groups excluding tert-OH is 2. The molecule has 0 amide bonds. The highest BCUT2D eigenvalue weighted by Gasteiger charge is 2.59. The van der Waals surface area contributed by atoms with E-state index in [1.165, 1.54) is 49.7 Å². The summed E-state index contributed by atoms with van der Waals surface area (Å²) < 4.78 is 0. The van der Waals surface area contributed by atoms with E-state index in [9.17, 15) is 10.2 Å². The van der Waals surface area contributed by atoms with Crippen molar-refractivity contribution in [3.05, 3.63) is 23.4 Å². The molecule has 4 aliphatic carbocycles. The zero-order valence-corrected chi connectivity index (χ0v) is 17.2. The van der Waals surface area contributed by atoms with Crippen LogP contribution in [0.1, 0.15) is 71.6 Å². The minimum atomic E-state index is -0.382. The Morgan fingerprint density at radius 3 is 2.59 bits per heavy atom. The van der Waals surface area contributed by atoms with Crippen molar-refractivity contribution in [3.63, 3.8) is 0 Å². The second-order valence-corrected chi connectivity index (χ2v) is 10.7. The van der Waals surface area contributed by atoms with Crippen LogP contribution in [0, 0.1) is 28.6 Å². The van der Waals surface area contributed by atoms with Gasteiger partial charge in [-0.25, -0.2) is 0 Å². The molecule has 0 bridgehead atoms. The van der Waals surface area contributed by atoms with E-state index in [1.54, 1.807) is 0 Å². The van der Waals surface area contributed by atoms with Crippen LogP contribution in [-0.2, 0) is 0 Å². The van der Waals surface area contributed by atoms with Crippen molar-refractivity contribution in [2.75, 3.05) is 13.1 Å². The van der Waals surface area contributed by atoms with Crippen LogP contribution < -0.4 is 0 Å².